The molecule has 0 fully saturated rings. The predicted molar refractivity (Wildman–Crippen MR) is 77.0 cm³/mol. The van der Waals surface area contributed by atoms with Crippen LogP contribution >= 0.6 is 11.3 Å². The van der Waals surface area contributed by atoms with Crippen molar-refractivity contribution in [2.45, 2.75) is 36.1 Å². The molecule has 124 valence electrons. The van der Waals surface area contributed by atoms with Gasteiger partial charge in [-0.2, -0.15) is 13.9 Å². The minimum atomic E-state index is -4.82. The van der Waals surface area contributed by atoms with Crippen LogP contribution in [0, 0.1) is 0 Å². The van der Waals surface area contributed by atoms with Crippen LogP contribution in [0.2, 0.25) is 0 Å². The van der Waals surface area contributed by atoms with Crippen molar-refractivity contribution in [2.24, 2.45) is 0 Å². The molecule has 0 spiro atoms. The number of carbonyl (C=O) groups excluding carboxylic acids is 1. The molecule has 1 aliphatic heterocycles. The average Bonchev–Trinajstić information content (AvgIpc) is 3.16. The van der Waals surface area contributed by atoms with Gasteiger partial charge in [0.1, 0.15) is 17.0 Å². The third kappa shape index (κ3) is 2.85. The first-order chi connectivity index (χ1) is 10.9. The maximum atomic E-state index is 12.7. The van der Waals surface area contributed by atoms with Crippen LogP contribution in [0.5, 0.6) is 0 Å². The zero-order chi connectivity index (χ0) is 16.6. The van der Waals surface area contributed by atoms with Gasteiger partial charge < -0.3 is 5.32 Å². The second kappa shape index (κ2) is 5.96. The van der Waals surface area contributed by atoms with E-state index in [-0.39, 0.29) is 4.88 Å². The van der Waals surface area contributed by atoms with Gasteiger partial charge in [-0.15, -0.1) is 11.3 Å². The fraction of sp³-hybridized carbons (Fsp3) is 0.417. The molecule has 0 aliphatic carbocycles. The summed E-state index contributed by atoms with van der Waals surface area (Å²) in [7, 11) is -4.82. The van der Waals surface area contributed by atoms with Crippen LogP contribution < -0.4 is 5.32 Å². The summed E-state index contributed by atoms with van der Waals surface area (Å²) in [6.07, 6.45) is 2.76. The lowest BCUT2D eigenvalue weighted by Crippen LogP contribution is -2.33. The number of amides is 1. The molecule has 11 heteroatoms. The Balaban J connectivity index is 1.86. The van der Waals surface area contributed by atoms with Crippen molar-refractivity contribution in [1.29, 1.82) is 0 Å². The molecule has 3 rings (SSSR count). The fourth-order valence-electron chi connectivity index (χ4n) is 2.43. The van der Waals surface area contributed by atoms with E-state index in [4.69, 9.17) is 0 Å². The molecule has 2 aromatic heterocycles. The Morgan fingerprint density at radius 3 is 3.00 bits per heavy atom. The van der Waals surface area contributed by atoms with Crippen molar-refractivity contribution >= 4 is 27.1 Å². The molecule has 0 saturated carbocycles. The molecule has 7 nitrogen and oxygen atoms in total. The normalized spacial score (nSPS) is 18.0. The van der Waals surface area contributed by atoms with E-state index in [2.05, 4.69) is 15.4 Å². The fourth-order valence-corrected chi connectivity index (χ4v) is 4.50. The summed E-state index contributed by atoms with van der Waals surface area (Å²) < 4.78 is 50.3. The first-order valence-electron chi connectivity index (χ1n) is 6.69. The summed E-state index contributed by atoms with van der Waals surface area (Å²) in [6.45, 7) is 0.686. The van der Waals surface area contributed by atoms with E-state index >= 15 is 0 Å². The van der Waals surface area contributed by atoms with E-state index in [1.54, 1.807) is 4.68 Å². The SMILES string of the molecule is O=C(NC1CCCn2ncnc21)c1sccc1S(=O)(=O)C(F)F. The van der Waals surface area contributed by atoms with E-state index in [1.165, 1.54) is 11.7 Å². The predicted octanol–water partition coefficient (Wildman–Crippen LogP) is 1.60. The highest BCUT2D eigenvalue weighted by Gasteiger charge is 2.33. The Morgan fingerprint density at radius 1 is 1.48 bits per heavy atom. The monoisotopic (exact) mass is 362 g/mol. The van der Waals surface area contributed by atoms with Gasteiger partial charge in [0.15, 0.2) is 0 Å². The number of nitrogens with one attached hydrogen (secondary N) is 1. The van der Waals surface area contributed by atoms with Crippen LogP contribution in [-0.2, 0) is 16.4 Å². The number of rotatable bonds is 4. The second-order valence-corrected chi connectivity index (χ2v) is 7.73. The van der Waals surface area contributed by atoms with Crippen molar-refractivity contribution in [1.82, 2.24) is 20.1 Å². The highest BCUT2D eigenvalue weighted by molar-refractivity contribution is 7.92. The number of halogens is 2. The van der Waals surface area contributed by atoms with Gasteiger partial charge in [-0.25, -0.2) is 18.1 Å². The van der Waals surface area contributed by atoms with Crippen LogP contribution in [0.4, 0.5) is 8.78 Å². The molecule has 2 aromatic rings. The largest absolute Gasteiger partial charge is 0.341 e. The molecule has 3 heterocycles. The lowest BCUT2D eigenvalue weighted by molar-refractivity contribution is 0.0928. The second-order valence-electron chi connectivity index (χ2n) is 4.93. The van der Waals surface area contributed by atoms with Crippen molar-refractivity contribution in [2.75, 3.05) is 0 Å². The number of hydrogen-bond donors (Lipinski definition) is 1. The Labute approximate surface area is 134 Å². The van der Waals surface area contributed by atoms with E-state index in [9.17, 15) is 22.0 Å². The summed E-state index contributed by atoms with van der Waals surface area (Å²) in [5.41, 5.74) is 0. The number of aromatic nitrogens is 3. The van der Waals surface area contributed by atoms with E-state index in [0.29, 0.717) is 18.8 Å². The highest BCUT2D eigenvalue weighted by Crippen LogP contribution is 2.28. The molecule has 1 N–H and O–H groups in total. The maximum absolute atomic E-state index is 12.7. The Kier molecular flexibility index (Phi) is 4.15. The summed E-state index contributed by atoms with van der Waals surface area (Å²) in [5.74, 6) is -3.71. The van der Waals surface area contributed by atoms with Crippen LogP contribution in [0.15, 0.2) is 22.7 Å². The third-order valence-electron chi connectivity index (χ3n) is 3.50. The van der Waals surface area contributed by atoms with Crippen molar-refractivity contribution < 1.29 is 22.0 Å². The maximum Gasteiger partial charge on any atom is 0.341 e. The lowest BCUT2D eigenvalue weighted by atomic mass is 10.1. The number of thiophene rings is 1. The van der Waals surface area contributed by atoms with E-state index in [1.807, 2.05) is 0 Å². The number of hydrogen-bond acceptors (Lipinski definition) is 6. The topological polar surface area (TPSA) is 93.9 Å². The van der Waals surface area contributed by atoms with Crippen LogP contribution in [-0.4, -0.2) is 34.8 Å². The number of carbonyl (C=O) groups is 1. The quantitative estimate of drug-likeness (QED) is 0.892. The van der Waals surface area contributed by atoms with Gasteiger partial charge in [-0.05, 0) is 24.3 Å². The van der Waals surface area contributed by atoms with Crippen LogP contribution in [0.3, 0.4) is 0 Å². The molecule has 0 bridgehead atoms. The van der Waals surface area contributed by atoms with Crippen LogP contribution in [0.1, 0.15) is 34.4 Å². The molecule has 1 amide bonds. The standard InChI is InChI=1S/C12H12F2N4O3S2/c13-12(14)23(20,21)8-3-5-22-9(8)11(19)17-7-2-1-4-18-10(7)15-6-16-18/h3,5-7,12H,1-2,4H2,(H,17,19). The molecule has 0 radical (unpaired) electrons. The van der Waals surface area contributed by atoms with E-state index < -0.39 is 32.4 Å². The van der Waals surface area contributed by atoms with Crippen LogP contribution in [0.25, 0.3) is 0 Å². The molecule has 0 saturated heterocycles. The summed E-state index contributed by atoms with van der Waals surface area (Å²) in [5, 5.41) is 7.97. The number of alkyl halides is 2. The number of fused-ring (bicyclic) bond motifs is 1. The van der Waals surface area contributed by atoms with Gasteiger partial charge in [0, 0.05) is 6.54 Å². The molecule has 1 atom stereocenters. The van der Waals surface area contributed by atoms with Gasteiger partial charge in [0.25, 0.3) is 5.91 Å². The van der Waals surface area contributed by atoms with Crippen molar-refractivity contribution in [3.63, 3.8) is 0 Å². The smallest absolute Gasteiger partial charge is 0.341 e. The van der Waals surface area contributed by atoms with Gasteiger partial charge in [0.2, 0.25) is 9.84 Å². The third-order valence-corrected chi connectivity index (χ3v) is 5.97. The number of nitrogens with zero attached hydrogens (tertiary/aromatic N) is 3. The van der Waals surface area contributed by atoms with E-state index in [0.717, 1.165) is 23.8 Å². The van der Waals surface area contributed by atoms with Gasteiger partial charge in [0.05, 0.1) is 10.9 Å². The minimum absolute atomic E-state index is 0.248. The van der Waals surface area contributed by atoms with Gasteiger partial charge >= 0.3 is 5.76 Å². The Morgan fingerprint density at radius 2 is 2.26 bits per heavy atom. The number of sulfone groups is 1. The number of aryl methyl sites for hydroxylation is 1. The summed E-state index contributed by atoms with van der Waals surface area (Å²) in [4.78, 5) is 15.5. The lowest BCUT2D eigenvalue weighted by Gasteiger charge is -2.23. The van der Waals surface area contributed by atoms with Gasteiger partial charge in [-0.1, -0.05) is 0 Å². The summed E-state index contributed by atoms with van der Waals surface area (Å²) in [6, 6.07) is 0.590. The minimum Gasteiger partial charge on any atom is -0.341 e. The Bertz CT molecular complexity index is 831. The molecule has 1 unspecified atom stereocenters. The average molecular weight is 362 g/mol. The summed E-state index contributed by atoms with van der Waals surface area (Å²) >= 11 is 0.806. The molecule has 23 heavy (non-hydrogen) atoms. The van der Waals surface area contributed by atoms with Crippen molar-refractivity contribution in [3.8, 4) is 0 Å². The zero-order valence-corrected chi connectivity index (χ0v) is 13.3. The first-order valence-corrected chi connectivity index (χ1v) is 9.12. The molecule has 0 aromatic carbocycles. The van der Waals surface area contributed by atoms with Crippen molar-refractivity contribution in [3.05, 3.63) is 28.5 Å². The first kappa shape index (κ1) is 16.0. The molecular formula is C12H12F2N4O3S2. The molecular weight excluding hydrogens is 350 g/mol. The zero-order valence-electron chi connectivity index (χ0n) is 11.6. The molecule has 1 aliphatic rings. The highest BCUT2D eigenvalue weighted by atomic mass is 32.2. The Hall–Kier alpha value is -1.88. The van der Waals surface area contributed by atoms with Gasteiger partial charge in [-0.3, -0.25) is 4.79 Å².